The van der Waals surface area contributed by atoms with Crippen molar-refractivity contribution in [2.75, 3.05) is 7.11 Å². The zero-order valence-corrected chi connectivity index (χ0v) is 12.6. The summed E-state index contributed by atoms with van der Waals surface area (Å²) in [4.78, 5) is 4.40. The molecule has 20 heavy (non-hydrogen) atoms. The van der Waals surface area contributed by atoms with Crippen LogP contribution in [0.4, 0.5) is 0 Å². The molecular formula is C14H18ClN3O2. The van der Waals surface area contributed by atoms with Crippen LogP contribution >= 0.6 is 11.6 Å². The summed E-state index contributed by atoms with van der Waals surface area (Å²) in [5.41, 5.74) is 6.35. The molecule has 2 N–H and O–H groups in total. The first-order valence-electron chi connectivity index (χ1n) is 6.51. The van der Waals surface area contributed by atoms with Gasteiger partial charge in [0.05, 0.1) is 18.2 Å². The fourth-order valence-electron chi connectivity index (χ4n) is 1.95. The first-order chi connectivity index (χ1) is 9.54. The van der Waals surface area contributed by atoms with Gasteiger partial charge in [-0.05, 0) is 31.0 Å². The quantitative estimate of drug-likeness (QED) is 0.915. The monoisotopic (exact) mass is 295 g/mol. The minimum Gasteiger partial charge on any atom is -0.496 e. The van der Waals surface area contributed by atoms with Gasteiger partial charge < -0.3 is 15.0 Å². The van der Waals surface area contributed by atoms with Crippen molar-refractivity contribution in [1.82, 2.24) is 10.1 Å². The van der Waals surface area contributed by atoms with Crippen molar-refractivity contribution in [1.29, 1.82) is 0 Å². The maximum absolute atomic E-state index is 6.27. The largest absolute Gasteiger partial charge is 0.496 e. The molecule has 0 aliphatic heterocycles. The average Bonchev–Trinajstić information content (AvgIpc) is 2.96. The standard InChI is InChI=1S/C14H18ClN3O2/c1-4-14(16,5-2)13-17-12(20-18-13)10-8-9(15)6-7-11(10)19-3/h6-8H,4-5,16H2,1-3H3. The lowest BCUT2D eigenvalue weighted by molar-refractivity contribution is 0.349. The van der Waals surface area contributed by atoms with Crippen LogP contribution in [0.15, 0.2) is 22.7 Å². The van der Waals surface area contributed by atoms with Crippen LogP contribution in [0, 0.1) is 0 Å². The molecule has 1 aromatic carbocycles. The van der Waals surface area contributed by atoms with E-state index in [-0.39, 0.29) is 0 Å². The van der Waals surface area contributed by atoms with E-state index in [9.17, 15) is 0 Å². The van der Waals surface area contributed by atoms with Gasteiger partial charge in [-0.1, -0.05) is 30.6 Å². The molecule has 0 fully saturated rings. The summed E-state index contributed by atoms with van der Waals surface area (Å²) in [6.45, 7) is 4.00. The third-order valence-electron chi connectivity index (χ3n) is 3.53. The topological polar surface area (TPSA) is 74.2 Å². The molecule has 0 aliphatic rings. The van der Waals surface area contributed by atoms with Crippen molar-refractivity contribution < 1.29 is 9.26 Å². The van der Waals surface area contributed by atoms with Crippen LogP contribution in [-0.4, -0.2) is 17.3 Å². The molecule has 0 atom stereocenters. The second-order valence-electron chi connectivity index (χ2n) is 4.63. The minimum atomic E-state index is -0.576. The van der Waals surface area contributed by atoms with Crippen molar-refractivity contribution in [3.05, 3.63) is 29.0 Å². The van der Waals surface area contributed by atoms with Crippen molar-refractivity contribution in [3.8, 4) is 17.2 Å². The molecule has 0 saturated heterocycles. The van der Waals surface area contributed by atoms with Crippen LogP contribution in [0.3, 0.4) is 0 Å². The molecule has 0 bridgehead atoms. The summed E-state index contributed by atoms with van der Waals surface area (Å²) in [7, 11) is 1.58. The highest BCUT2D eigenvalue weighted by Crippen LogP contribution is 2.33. The van der Waals surface area contributed by atoms with Gasteiger partial charge in [-0.25, -0.2) is 0 Å². The summed E-state index contributed by atoms with van der Waals surface area (Å²) < 4.78 is 10.6. The Kier molecular flexibility index (Phi) is 4.30. The van der Waals surface area contributed by atoms with Crippen molar-refractivity contribution in [2.24, 2.45) is 5.73 Å². The molecule has 2 aromatic rings. The van der Waals surface area contributed by atoms with E-state index in [0.717, 1.165) is 12.8 Å². The number of halogens is 1. The molecule has 0 amide bonds. The van der Waals surface area contributed by atoms with Gasteiger partial charge in [0.15, 0.2) is 5.82 Å². The number of ether oxygens (including phenoxy) is 1. The smallest absolute Gasteiger partial charge is 0.261 e. The second kappa shape index (κ2) is 5.81. The van der Waals surface area contributed by atoms with Crippen LogP contribution < -0.4 is 10.5 Å². The van der Waals surface area contributed by atoms with Gasteiger partial charge in [-0.2, -0.15) is 4.98 Å². The Morgan fingerprint density at radius 3 is 2.65 bits per heavy atom. The Morgan fingerprint density at radius 1 is 1.35 bits per heavy atom. The maximum Gasteiger partial charge on any atom is 0.261 e. The number of hydrogen-bond donors (Lipinski definition) is 1. The SMILES string of the molecule is CCC(N)(CC)c1noc(-c2cc(Cl)ccc2OC)n1. The summed E-state index contributed by atoms with van der Waals surface area (Å²) >= 11 is 6.00. The van der Waals surface area contributed by atoms with E-state index in [1.54, 1.807) is 25.3 Å². The normalized spacial score (nSPS) is 11.7. The number of nitrogens with two attached hydrogens (primary N) is 1. The number of benzene rings is 1. The van der Waals surface area contributed by atoms with Gasteiger partial charge in [-0.3, -0.25) is 0 Å². The molecule has 0 unspecified atom stereocenters. The van der Waals surface area contributed by atoms with Gasteiger partial charge in [-0.15, -0.1) is 0 Å². The van der Waals surface area contributed by atoms with E-state index in [1.807, 2.05) is 13.8 Å². The maximum atomic E-state index is 6.27. The van der Waals surface area contributed by atoms with E-state index < -0.39 is 5.54 Å². The molecular weight excluding hydrogens is 278 g/mol. The summed E-state index contributed by atoms with van der Waals surface area (Å²) in [5, 5.41) is 4.58. The van der Waals surface area contributed by atoms with Crippen LogP contribution in [0.2, 0.25) is 5.02 Å². The van der Waals surface area contributed by atoms with E-state index in [1.165, 1.54) is 0 Å². The fourth-order valence-corrected chi connectivity index (χ4v) is 2.12. The van der Waals surface area contributed by atoms with Crippen LogP contribution in [-0.2, 0) is 5.54 Å². The van der Waals surface area contributed by atoms with Crippen LogP contribution in [0.25, 0.3) is 11.5 Å². The minimum absolute atomic E-state index is 0.357. The Hall–Kier alpha value is -1.59. The highest BCUT2D eigenvalue weighted by molar-refractivity contribution is 6.30. The molecule has 2 rings (SSSR count). The van der Waals surface area contributed by atoms with Gasteiger partial charge in [0.2, 0.25) is 0 Å². The van der Waals surface area contributed by atoms with E-state index >= 15 is 0 Å². The lowest BCUT2D eigenvalue weighted by Crippen LogP contribution is -2.36. The van der Waals surface area contributed by atoms with E-state index in [2.05, 4.69) is 10.1 Å². The molecule has 108 valence electrons. The number of aromatic nitrogens is 2. The van der Waals surface area contributed by atoms with E-state index in [0.29, 0.717) is 28.1 Å². The lowest BCUT2D eigenvalue weighted by atomic mass is 9.93. The summed E-state index contributed by atoms with van der Waals surface area (Å²) in [5.74, 6) is 1.48. The number of rotatable bonds is 5. The molecule has 1 heterocycles. The zero-order chi connectivity index (χ0) is 14.8. The van der Waals surface area contributed by atoms with Gasteiger partial charge in [0.25, 0.3) is 5.89 Å². The Balaban J connectivity index is 2.46. The third kappa shape index (κ3) is 2.64. The Morgan fingerprint density at radius 2 is 2.05 bits per heavy atom. The van der Waals surface area contributed by atoms with Gasteiger partial charge in [0.1, 0.15) is 5.75 Å². The molecule has 0 radical (unpaired) electrons. The lowest BCUT2D eigenvalue weighted by Gasteiger charge is -2.21. The first kappa shape index (κ1) is 14.8. The molecule has 5 nitrogen and oxygen atoms in total. The number of hydrogen-bond acceptors (Lipinski definition) is 5. The van der Waals surface area contributed by atoms with E-state index in [4.69, 9.17) is 26.6 Å². The Bertz CT molecular complexity index is 594. The molecule has 1 aromatic heterocycles. The highest BCUT2D eigenvalue weighted by atomic mass is 35.5. The predicted molar refractivity (Wildman–Crippen MR) is 77.7 cm³/mol. The first-order valence-corrected chi connectivity index (χ1v) is 6.88. The van der Waals surface area contributed by atoms with Gasteiger partial charge in [0, 0.05) is 5.02 Å². The average molecular weight is 296 g/mol. The third-order valence-corrected chi connectivity index (χ3v) is 3.76. The molecule has 0 spiro atoms. The van der Waals surface area contributed by atoms with Crippen LogP contribution in [0.5, 0.6) is 5.75 Å². The highest BCUT2D eigenvalue weighted by Gasteiger charge is 2.29. The second-order valence-corrected chi connectivity index (χ2v) is 5.07. The summed E-state index contributed by atoms with van der Waals surface area (Å²) in [6.07, 6.45) is 1.46. The predicted octanol–water partition coefficient (Wildman–Crippen LogP) is 3.37. The summed E-state index contributed by atoms with van der Waals surface area (Å²) in [6, 6.07) is 5.23. The van der Waals surface area contributed by atoms with Crippen molar-refractivity contribution in [2.45, 2.75) is 32.2 Å². The number of methoxy groups -OCH3 is 1. The molecule has 6 heteroatoms. The van der Waals surface area contributed by atoms with Crippen molar-refractivity contribution >= 4 is 11.6 Å². The zero-order valence-electron chi connectivity index (χ0n) is 11.8. The number of nitrogens with zero attached hydrogens (tertiary/aromatic N) is 2. The van der Waals surface area contributed by atoms with Crippen LogP contribution in [0.1, 0.15) is 32.5 Å². The van der Waals surface area contributed by atoms with Crippen molar-refractivity contribution in [3.63, 3.8) is 0 Å². The van der Waals surface area contributed by atoms with Gasteiger partial charge >= 0.3 is 0 Å². The molecule has 0 aliphatic carbocycles. The fraction of sp³-hybridized carbons (Fsp3) is 0.429. The molecule has 0 saturated carbocycles. The Labute approximate surface area is 123 Å².